The SMILES string of the molecule is CNc1ccc(-c2nc(N3CCC(N)CC3)nnc2-c2ccc3nn(C)cc3c2)cc1. The normalized spacial score (nSPS) is 14.9. The zero-order valence-electron chi connectivity index (χ0n) is 17.8. The van der Waals surface area contributed by atoms with E-state index < -0.39 is 0 Å². The molecule has 0 spiro atoms. The molecule has 4 aromatic rings. The quantitative estimate of drug-likeness (QED) is 0.530. The van der Waals surface area contributed by atoms with Gasteiger partial charge in [-0.3, -0.25) is 4.68 Å². The summed E-state index contributed by atoms with van der Waals surface area (Å²) in [6, 6.07) is 14.6. The van der Waals surface area contributed by atoms with Crippen LogP contribution in [-0.2, 0) is 7.05 Å². The molecule has 0 radical (unpaired) electrons. The monoisotopic (exact) mass is 414 g/mol. The molecule has 0 bridgehead atoms. The predicted molar refractivity (Wildman–Crippen MR) is 124 cm³/mol. The summed E-state index contributed by atoms with van der Waals surface area (Å²) in [4.78, 5) is 7.16. The van der Waals surface area contributed by atoms with Crippen molar-refractivity contribution in [2.24, 2.45) is 12.8 Å². The molecule has 8 nitrogen and oxygen atoms in total. The molecule has 0 atom stereocenters. The molecule has 0 aliphatic carbocycles. The number of hydrogen-bond acceptors (Lipinski definition) is 7. The maximum Gasteiger partial charge on any atom is 0.245 e. The highest BCUT2D eigenvalue weighted by atomic mass is 15.3. The van der Waals surface area contributed by atoms with Gasteiger partial charge in [0, 0.05) is 61.6 Å². The first-order valence-electron chi connectivity index (χ1n) is 10.6. The summed E-state index contributed by atoms with van der Waals surface area (Å²) in [6.07, 6.45) is 3.89. The minimum Gasteiger partial charge on any atom is -0.388 e. The van der Waals surface area contributed by atoms with Gasteiger partial charge in [-0.1, -0.05) is 18.2 Å². The molecule has 31 heavy (non-hydrogen) atoms. The van der Waals surface area contributed by atoms with Crippen LogP contribution in [-0.4, -0.2) is 51.1 Å². The largest absolute Gasteiger partial charge is 0.388 e. The molecule has 5 rings (SSSR count). The smallest absolute Gasteiger partial charge is 0.245 e. The van der Waals surface area contributed by atoms with E-state index in [4.69, 9.17) is 10.7 Å². The van der Waals surface area contributed by atoms with E-state index in [1.807, 2.05) is 49.2 Å². The summed E-state index contributed by atoms with van der Waals surface area (Å²) in [6.45, 7) is 1.70. The van der Waals surface area contributed by atoms with Crippen LogP contribution in [0.3, 0.4) is 0 Å². The van der Waals surface area contributed by atoms with Gasteiger partial charge in [0.1, 0.15) is 11.4 Å². The lowest BCUT2D eigenvalue weighted by atomic mass is 10.0. The lowest BCUT2D eigenvalue weighted by Crippen LogP contribution is -2.40. The van der Waals surface area contributed by atoms with Crippen LogP contribution >= 0.6 is 0 Å². The third kappa shape index (κ3) is 3.82. The molecule has 1 aliphatic heterocycles. The number of anilines is 2. The molecule has 1 saturated heterocycles. The average molecular weight is 415 g/mol. The molecule has 2 aromatic heterocycles. The first kappa shape index (κ1) is 19.4. The Balaban J connectivity index is 1.61. The van der Waals surface area contributed by atoms with E-state index in [-0.39, 0.29) is 6.04 Å². The van der Waals surface area contributed by atoms with Gasteiger partial charge in [0.25, 0.3) is 0 Å². The highest BCUT2D eigenvalue weighted by Crippen LogP contribution is 2.32. The molecule has 3 heterocycles. The summed E-state index contributed by atoms with van der Waals surface area (Å²) in [5.74, 6) is 0.658. The summed E-state index contributed by atoms with van der Waals surface area (Å²) in [5, 5.41) is 17.8. The van der Waals surface area contributed by atoms with Crippen molar-refractivity contribution in [1.29, 1.82) is 0 Å². The number of fused-ring (bicyclic) bond motifs is 1. The van der Waals surface area contributed by atoms with Crippen molar-refractivity contribution in [3.05, 3.63) is 48.7 Å². The molecule has 3 N–H and O–H groups in total. The third-order valence-corrected chi connectivity index (χ3v) is 5.84. The maximum atomic E-state index is 6.07. The van der Waals surface area contributed by atoms with E-state index in [0.717, 1.165) is 65.0 Å². The van der Waals surface area contributed by atoms with Crippen LogP contribution in [0.25, 0.3) is 33.4 Å². The lowest BCUT2D eigenvalue weighted by Gasteiger charge is -2.30. The number of aryl methyl sites for hydroxylation is 1. The Morgan fingerprint density at radius 3 is 2.45 bits per heavy atom. The van der Waals surface area contributed by atoms with Gasteiger partial charge in [0.05, 0.1) is 5.52 Å². The van der Waals surface area contributed by atoms with E-state index in [1.54, 1.807) is 0 Å². The summed E-state index contributed by atoms with van der Waals surface area (Å²) in [5.41, 5.74) is 11.6. The van der Waals surface area contributed by atoms with Crippen molar-refractivity contribution in [2.45, 2.75) is 18.9 Å². The standard InChI is InChI=1S/C23H26N8/c1-25-19-6-3-15(4-7-19)21-22(16-5-8-20-17(13-16)14-30(2)29-20)27-28-23(26-21)31-11-9-18(24)10-12-31/h3-8,13-14,18,25H,9-12,24H2,1-2H3. The van der Waals surface area contributed by atoms with E-state index in [1.165, 1.54) is 0 Å². The van der Waals surface area contributed by atoms with Crippen molar-refractivity contribution < 1.29 is 0 Å². The Kier molecular flexibility index (Phi) is 4.99. The average Bonchev–Trinajstić information content (AvgIpc) is 3.18. The third-order valence-electron chi connectivity index (χ3n) is 5.84. The van der Waals surface area contributed by atoms with Crippen LogP contribution in [0, 0.1) is 0 Å². The van der Waals surface area contributed by atoms with E-state index >= 15 is 0 Å². The minimum atomic E-state index is 0.253. The van der Waals surface area contributed by atoms with Gasteiger partial charge in [-0.15, -0.1) is 10.2 Å². The second-order valence-electron chi connectivity index (χ2n) is 8.04. The Labute approximate surface area is 181 Å². The summed E-state index contributed by atoms with van der Waals surface area (Å²) >= 11 is 0. The van der Waals surface area contributed by atoms with E-state index in [9.17, 15) is 0 Å². The Hall–Kier alpha value is -3.52. The number of aromatic nitrogens is 5. The molecule has 1 aliphatic rings. The second kappa shape index (κ2) is 7.96. The van der Waals surface area contributed by atoms with Crippen LogP contribution in [0.4, 0.5) is 11.6 Å². The highest BCUT2D eigenvalue weighted by molar-refractivity contribution is 5.87. The minimum absolute atomic E-state index is 0.253. The number of hydrogen-bond donors (Lipinski definition) is 2. The molecule has 1 fully saturated rings. The zero-order valence-corrected chi connectivity index (χ0v) is 17.8. The van der Waals surface area contributed by atoms with Gasteiger partial charge in [-0.25, -0.2) is 4.98 Å². The van der Waals surface area contributed by atoms with Crippen molar-refractivity contribution in [2.75, 3.05) is 30.4 Å². The molecular weight excluding hydrogens is 388 g/mol. The van der Waals surface area contributed by atoms with Crippen LogP contribution in [0.1, 0.15) is 12.8 Å². The van der Waals surface area contributed by atoms with Crippen molar-refractivity contribution in [3.8, 4) is 22.5 Å². The summed E-state index contributed by atoms with van der Waals surface area (Å²) in [7, 11) is 3.84. The van der Waals surface area contributed by atoms with Crippen LogP contribution in [0.2, 0.25) is 0 Å². The van der Waals surface area contributed by atoms with Crippen molar-refractivity contribution >= 4 is 22.5 Å². The number of nitrogens with one attached hydrogen (secondary N) is 1. The van der Waals surface area contributed by atoms with Gasteiger partial charge >= 0.3 is 0 Å². The van der Waals surface area contributed by atoms with Crippen molar-refractivity contribution in [1.82, 2.24) is 25.0 Å². The lowest BCUT2D eigenvalue weighted by molar-refractivity contribution is 0.494. The van der Waals surface area contributed by atoms with E-state index in [2.05, 4.69) is 43.7 Å². The first-order valence-corrected chi connectivity index (χ1v) is 10.6. The molecule has 0 amide bonds. The fourth-order valence-corrected chi connectivity index (χ4v) is 4.04. The molecular formula is C23H26N8. The number of rotatable bonds is 4. The van der Waals surface area contributed by atoms with Crippen molar-refractivity contribution in [3.63, 3.8) is 0 Å². The molecule has 2 aromatic carbocycles. The molecule has 158 valence electrons. The number of benzene rings is 2. The zero-order chi connectivity index (χ0) is 21.4. The molecule has 0 unspecified atom stereocenters. The Morgan fingerprint density at radius 1 is 0.968 bits per heavy atom. The highest BCUT2D eigenvalue weighted by Gasteiger charge is 2.21. The van der Waals surface area contributed by atoms with Gasteiger partial charge in [0.15, 0.2) is 0 Å². The Bertz CT molecular complexity index is 1210. The first-order chi connectivity index (χ1) is 15.1. The van der Waals surface area contributed by atoms with Gasteiger partial charge < -0.3 is 16.0 Å². The molecule has 8 heteroatoms. The summed E-state index contributed by atoms with van der Waals surface area (Å²) < 4.78 is 1.82. The van der Waals surface area contributed by atoms with Gasteiger partial charge in [-0.2, -0.15) is 5.10 Å². The number of nitrogens with zero attached hydrogens (tertiary/aromatic N) is 6. The second-order valence-corrected chi connectivity index (χ2v) is 8.04. The predicted octanol–water partition coefficient (Wildman–Crippen LogP) is 3.06. The van der Waals surface area contributed by atoms with Crippen LogP contribution < -0.4 is 16.0 Å². The van der Waals surface area contributed by atoms with Crippen LogP contribution in [0.5, 0.6) is 0 Å². The molecule has 0 saturated carbocycles. The Morgan fingerprint density at radius 2 is 1.71 bits per heavy atom. The fraction of sp³-hybridized carbons (Fsp3) is 0.304. The van der Waals surface area contributed by atoms with Gasteiger partial charge in [-0.05, 0) is 37.1 Å². The number of piperidine rings is 1. The van der Waals surface area contributed by atoms with E-state index in [0.29, 0.717) is 5.95 Å². The maximum absolute atomic E-state index is 6.07. The van der Waals surface area contributed by atoms with Crippen LogP contribution in [0.15, 0.2) is 48.7 Å². The van der Waals surface area contributed by atoms with Gasteiger partial charge in [0.2, 0.25) is 5.95 Å². The number of nitrogens with two attached hydrogens (primary N) is 1. The fourth-order valence-electron chi connectivity index (χ4n) is 4.04. The topological polar surface area (TPSA) is 97.8 Å².